The van der Waals surface area contributed by atoms with E-state index in [9.17, 15) is 8.42 Å². The SMILES string of the molecule is CCN(CCCNC(=NC)N1CCc2ccccc21)S(C)(=O)=O.I. The van der Waals surface area contributed by atoms with Crippen LogP contribution < -0.4 is 10.2 Å². The number of nitrogens with one attached hydrogen (secondary N) is 1. The number of hydrogen-bond donors (Lipinski definition) is 1. The number of anilines is 1. The molecule has 24 heavy (non-hydrogen) atoms. The van der Waals surface area contributed by atoms with Gasteiger partial charge in [-0.1, -0.05) is 25.1 Å². The molecular weight excluding hydrogens is 439 g/mol. The van der Waals surface area contributed by atoms with E-state index in [1.165, 1.54) is 21.8 Å². The lowest BCUT2D eigenvalue weighted by Gasteiger charge is -2.23. The Kier molecular flexibility index (Phi) is 8.44. The molecule has 1 aromatic rings. The van der Waals surface area contributed by atoms with Crippen LogP contribution in [-0.2, 0) is 16.4 Å². The van der Waals surface area contributed by atoms with Crippen LogP contribution in [0.15, 0.2) is 29.3 Å². The Hall–Kier alpha value is -0.870. The number of halogens is 1. The van der Waals surface area contributed by atoms with Crippen molar-refractivity contribution in [1.29, 1.82) is 0 Å². The zero-order chi connectivity index (χ0) is 16.9. The van der Waals surface area contributed by atoms with E-state index in [0.29, 0.717) is 19.6 Å². The van der Waals surface area contributed by atoms with Gasteiger partial charge in [0.1, 0.15) is 0 Å². The van der Waals surface area contributed by atoms with E-state index in [4.69, 9.17) is 0 Å². The molecule has 0 aliphatic carbocycles. The van der Waals surface area contributed by atoms with Gasteiger partial charge in [-0.05, 0) is 24.5 Å². The summed E-state index contributed by atoms with van der Waals surface area (Å²) >= 11 is 0. The number of benzene rings is 1. The van der Waals surface area contributed by atoms with Crippen LogP contribution in [0.2, 0.25) is 0 Å². The van der Waals surface area contributed by atoms with E-state index in [0.717, 1.165) is 25.3 Å². The summed E-state index contributed by atoms with van der Waals surface area (Å²) in [5.41, 5.74) is 2.54. The van der Waals surface area contributed by atoms with Crippen LogP contribution in [0.5, 0.6) is 0 Å². The van der Waals surface area contributed by atoms with Gasteiger partial charge in [0.2, 0.25) is 10.0 Å². The van der Waals surface area contributed by atoms with Crippen LogP contribution in [0.3, 0.4) is 0 Å². The minimum Gasteiger partial charge on any atom is -0.356 e. The third kappa shape index (κ3) is 5.32. The Labute approximate surface area is 162 Å². The van der Waals surface area contributed by atoms with Gasteiger partial charge >= 0.3 is 0 Å². The maximum Gasteiger partial charge on any atom is 0.211 e. The minimum atomic E-state index is -3.11. The molecule has 136 valence electrons. The summed E-state index contributed by atoms with van der Waals surface area (Å²) in [6.45, 7) is 4.50. The van der Waals surface area contributed by atoms with Crippen LogP contribution in [0.1, 0.15) is 18.9 Å². The third-order valence-electron chi connectivity index (χ3n) is 4.04. The lowest BCUT2D eigenvalue weighted by Crippen LogP contribution is -2.42. The lowest BCUT2D eigenvalue weighted by molar-refractivity contribution is 0.424. The fraction of sp³-hybridized carbons (Fsp3) is 0.562. The molecule has 8 heteroatoms. The predicted octanol–water partition coefficient (Wildman–Crippen LogP) is 1.91. The number of fused-ring (bicyclic) bond motifs is 1. The standard InChI is InChI=1S/C16H26N4O2S.HI/c1-4-19(23(3,21)22)12-7-11-18-16(17-2)20-13-10-14-8-5-6-9-15(14)20;/h5-6,8-9H,4,7,10-13H2,1-3H3,(H,17,18);1H. The molecule has 0 amide bonds. The summed E-state index contributed by atoms with van der Waals surface area (Å²) in [5, 5.41) is 3.34. The molecule has 2 rings (SSSR count). The predicted molar refractivity (Wildman–Crippen MR) is 111 cm³/mol. The number of para-hydroxylation sites is 1. The largest absolute Gasteiger partial charge is 0.356 e. The minimum absolute atomic E-state index is 0. The van der Waals surface area contributed by atoms with Crippen LogP contribution in [-0.4, -0.2) is 58.2 Å². The third-order valence-corrected chi connectivity index (χ3v) is 5.42. The first-order valence-electron chi connectivity index (χ1n) is 7.98. The molecule has 1 aromatic carbocycles. The van der Waals surface area contributed by atoms with Gasteiger partial charge in [-0.3, -0.25) is 4.99 Å². The molecule has 1 aliphatic rings. The molecule has 1 heterocycles. The van der Waals surface area contributed by atoms with Crippen molar-refractivity contribution in [3.8, 4) is 0 Å². The Balaban J connectivity index is 0.00000288. The van der Waals surface area contributed by atoms with E-state index >= 15 is 0 Å². The van der Waals surface area contributed by atoms with Gasteiger partial charge in [0.25, 0.3) is 0 Å². The van der Waals surface area contributed by atoms with Crippen molar-refractivity contribution in [2.24, 2.45) is 4.99 Å². The lowest BCUT2D eigenvalue weighted by atomic mass is 10.2. The molecule has 0 spiro atoms. The molecule has 0 atom stereocenters. The molecule has 6 nitrogen and oxygen atoms in total. The van der Waals surface area contributed by atoms with Crippen LogP contribution in [0.25, 0.3) is 0 Å². The van der Waals surface area contributed by atoms with Crippen LogP contribution >= 0.6 is 24.0 Å². The molecule has 0 saturated heterocycles. The van der Waals surface area contributed by atoms with E-state index in [1.54, 1.807) is 7.05 Å². The Morgan fingerprint density at radius 1 is 1.38 bits per heavy atom. The smallest absolute Gasteiger partial charge is 0.211 e. The van der Waals surface area contributed by atoms with Gasteiger partial charge in [0.15, 0.2) is 5.96 Å². The van der Waals surface area contributed by atoms with Crippen molar-refractivity contribution in [3.63, 3.8) is 0 Å². The number of nitrogens with zero attached hydrogens (tertiary/aromatic N) is 3. The molecule has 0 bridgehead atoms. The Morgan fingerprint density at radius 3 is 2.71 bits per heavy atom. The fourth-order valence-corrected chi connectivity index (χ4v) is 3.80. The summed E-state index contributed by atoms with van der Waals surface area (Å²) in [5.74, 6) is 0.845. The summed E-state index contributed by atoms with van der Waals surface area (Å²) in [4.78, 5) is 6.54. The molecule has 1 aliphatic heterocycles. The van der Waals surface area contributed by atoms with E-state index in [2.05, 4.69) is 33.4 Å². The molecule has 1 N–H and O–H groups in total. The zero-order valence-electron chi connectivity index (χ0n) is 14.5. The second-order valence-electron chi connectivity index (χ2n) is 5.61. The topological polar surface area (TPSA) is 65.0 Å². The van der Waals surface area contributed by atoms with Crippen molar-refractivity contribution in [2.75, 3.05) is 44.4 Å². The van der Waals surface area contributed by atoms with Crippen molar-refractivity contribution < 1.29 is 8.42 Å². The van der Waals surface area contributed by atoms with E-state index in [1.807, 2.05) is 13.0 Å². The highest BCUT2D eigenvalue weighted by Gasteiger charge is 2.22. The van der Waals surface area contributed by atoms with Crippen molar-refractivity contribution >= 4 is 45.6 Å². The molecule has 0 unspecified atom stereocenters. The van der Waals surface area contributed by atoms with Crippen LogP contribution in [0.4, 0.5) is 5.69 Å². The van der Waals surface area contributed by atoms with Gasteiger partial charge in [-0.15, -0.1) is 24.0 Å². The summed E-state index contributed by atoms with van der Waals surface area (Å²) in [6.07, 6.45) is 3.02. The average molecular weight is 466 g/mol. The summed E-state index contributed by atoms with van der Waals surface area (Å²) < 4.78 is 24.6. The number of rotatable bonds is 6. The van der Waals surface area contributed by atoms with Gasteiger partial charge in [0, 0.05) is 38.9 Å². The second-order valence-corrected chi connectivity index (χ2v) is 7.59. The zero-order valence-corrected chi connectivity index (χ0v) is 17.7. The molecule has 0 saturated carbocycles. The number of guanidine groups is 1. The summed E-state index contributed by atoms with van der Waals surface area (Å²) in [6, 6.07) is 8.35. The van der Waals surface area contributed by atoms with Crippen molar-refractivity contribution in [2.45, 2.75) is 19.8 Å². The Bertz CT molecular complexity index is 664. The first-order chi connectivity index (χ1) is 11.0. The maximum atomic E-state index is 11.6. The van der Waals surface area contributed by atoms with E-state index in [-0.39, 0.29) is 24.0 Å². The molecule has 0 radical (unpaired) electrons. The van der Waals surface area contributed by atoms with Crippen LogP contribution in [0, 0.1) is 0 Å². The highest BCUT2D eigenvalue weighted by atomic mass is 127. The van der Waals surface area contributed by atoms with Gasteiger partial charge < -0.3 is 10.2 Å². The van der Waals surface area contributed by atoms with Crippen molar-refractivity contribution in [3.05, 3.63) is 29.8 Å². The molecular formula is C16H27IN4O2S. The highest BCUT2D eigenvalue weighted by molar-refractivity contribution is 14.0. The maximum absolute atomic E-state index is 11.6. The van der Waals surface area contributed by atoms with Crippen molar-refractivity contribution in [1.82, 2.24) is 9.62 Å². The second kappa shape index (κ2) is 9.57. The van der Waals surface area contributed by atoms with Gasteiger partial charge in [-0.2, -0.15) is 0 Å². The fourth-order valence-electron chi connectivity index (χ4n) is 2.87. The first-order valence-corrected chi connectivity index (χ1v) is 9.83. The average Bonchev–Trinajstić information content (AvgIpc) is 2.94. The quantitative estimate of drug-likeness (QED) is 0.301. The Morgan fingerprint density at radius 2 is 2.08 bits per heavy atom. The molecule has 0 fully saturated rings. The number of sulfonamides is 1. The van der Waals surface area contributed by atoms with Gasteiger partial charge in [-0.25, -0.2) is 12.7 Å². The number of aliphatic imine (C=N–C) groups is 1. The summed E-state index contributed by atoms with van der Waals surface area (Å²) in [7, 11) is -1.34. The number of hydrogen-bond acceptors (Lipinski definition) is 3. The van der Waals surface area contributed by atoms with E-state index < -0.39 is 10.0 Å². The first kappa shape index (κ1) is 21.2. The monoisotopic (exact) mass is 466 g/mol. The highest BCUT2D eigenvalue weighted by Crippen LogP contribution is 2.27. The normalized spacial score (nSPS) is 14.5. The van der Waals surface area contributed by atoms with Gasteiger partial charge in [0.05, 0.1) is 6.26 Å². The molecule has 0 aromatic heterocycles.